The van der Waals surface area contributed by atoms with Crippen LogP contribution in [-0.2, 0) is 11.3 Å². The van der Waals surface area contributed by atoms with Gasteiger partial charge in [0.1, 0.15) is 6.04 Å². The van der Waals surface area contributed by atoms with Crippen LogP contribution in [0.25, 0.3) is 11.1 Å². The second kappa shape index (κ2) is 16.2. The fraction of sp³-hybridized carbons (Fsp3) is 0.429. The molecule has 3 aromatic rings. The summed E-state index contributed by atoms with van der Waals surface area (Å²) in [5.74, 6) is 0.971. The number of hydrogen-bond acceptors (Lipinski definition) is 5. The molecule has 0 spiro atoms. The van der Waals surface area contributed by atoms with Crippen LogP contribution in [0.15, 0.2) is 71.6 Å². The molecule has 1 aliphatic carbocycles. The number of carbonyl (C=O) groups excluding carboxylic acids is 1. The zero-order valence-electron chi connectivity index (χ0n) is 25.0. The van der Waals surface area contributed by atoms with Gasteiger partial charge in [-0.1, -0.05) is 61.7 Å². The molecule has 0 aliphatic heterocycles. The number of carboxylic acid groups (broad SMARTS) is 1. The van der Waals surface area contributed by atoms with E-state index in [9.17, 15) is 14.7 Å². The van der Waals surface area contributed by atoms with Crippen molar-refractivity contribution in [2.45, 2.75) is 81.8 Å². The summed E-state index contributed by atoms with van der Waals surface area (Å²) in [7, 11) is 0. The number of aryl methyl sites for hydroxylation is 1. The van der Waals surface area contributed by atoms with Crippen LogP contribution in [-0.4, -0.2) is 46.8 Å². The molecule has 0 bridgehead atoms. The smallest absolute Gasteiger partial charge is 0.326 e. The lowest BCUT2D eigenvalue weighted by atomic mass is 9.84. The first-order chi connectivity index (χ1) is 20.4. The quantitative estimate of drug-likeness (QED) is 0.162. The molecule has 4 rings (SSSR count). The first-order valence-corrected chi connectivity index (χ1v) is 17.4. The minimum absolute atomic E-state index is 0.297. The molecule has 224 valence electrons. The first kappa shape index (κ1) is 32.2. The van der Waals surface area contributed by atoms with Crippen molar-refractivity contribution in [3.63, 3.8) is 0 Å². The second-order valence-corrected chi connectivity index (χ2v) is 13.4. The van der Waals surface area contributed by atoms with Crippen molar-refractivity contribution in [2.75, 3.05) is 17.8 Å². The summed E-state index contributed by atoms with van der Waals surface area (Å²) < 4.78 is 0. The van der Waals surface area contributed by atoms with Crippen LogP contribution in [0.1, 0.15) is 78.4 Å². The Morgan fingerprint density at radius 2 is 1.76 bits per heavy atom. The van der Waals surface area contributed by atoms with Crippen LogP contribution < -0.4 is 10.6 Å². The highest BCUT2D eigenvalue weighted by Gasteiger charge is 2.23. The summed E-state index contributed by atoms with van der Waals surface area (Å²) >= 11 is 3.47. The zero-order valence-corrected chi connectivity index (χ0v) is 26.7. The van der Waals surface area contributed by atoms with Gasteiger partial charge >= 0.3 is 5.97 Å². The summed E-state index contributed by atoms with van der Waals surface area (Å²) in [5.41, 5.74) is 5.92. The fourth-order valence-electron chi connectivity index (χ4n) is 5.59. The molecule has 0 heterocycles. The summed E-state index contributed by atoms with van der Waals surface area (Å²) in [5, 5.41) is 16.1. The van der Waals surface area contributed by atoms with E-state index >= 15 is 0 Å². The number of aliphatic carboxylic acids is 1. The lowest BCUT2D eigenvalue weighted by molar-refractivity contribution is -0.139. The van der Waals surface area contributed by atoms with E-state index in [0.717, 1.165) is 28.0 Å². The molecule has 1 unspecified atom stereocenters. The van der Waals surface area contributed by atoms with Crippen molar-refractivity contribution in [1.82, 2.24) is 10.6 Å². The Kier molecular flexibility index (Phi) is 12.4. The van der Waals surface area contributed by atoms with Crippen molar-refractivity contribution < 1.29 is 14.7 Å². The molecule has 5 nitrogen and oxygen atoms in total. The van der Waals surface area contributed by atoms with Gasteiger partial charge in [0.2, 0.25) is 0 Å². The van der Waals surface area contributed by atoms with Crippen molar-refractivity contribution in [1.29, 1.82) is 0 Å². The molecule has 1 fully saturated rings. The SMILES string of the molecule is CSCC[C@H](NC(=O)c1ccc(CNC(C)CSc2cccc(C3CCCCC3)c2)cc1-c1ccccc1C)C(=O)O. The standard InChI is InChI=1S/C35H44N2O3S2/c1-24-10-7-8-15-30(24)32-20-26(16-17-31(32)34(38)37-33(35(39)40)18-19-41-3)22-36-25(2)23-42-29-14-9-13-28(21-29)27-11-5-4-6-12-27/h7-10,13-17,20-21,25,27,33,36H,4-6,11-12,18-19,22-23H2,1-3H3,(H,37,38)(H,39,40)/t25?,33-/m0/s1. The summed E-state index contributed by atoms with van der Waals surface area (Å²) in [4.78, 5) is 26.5. The molecule has 3 N–H and O–H groups in total. The number of rotatable bonds is 14. The van der Waals surface area contributed by atoms with E-state index in [4.69, 9.17) is 0 Å². The van der Waals surface area contributed by atoms with Crippen LogP contribution in [0.5, 0.6) is 0 Å². The Morgan fingerprint density at radius 3 is 2.50 bits per heavy atom. The summed E-state index contributed by atoms with van der Waals surface area (Å²) in [6.45, 7) is 4.92. The average molecular weight is 605 g/mol. The van der Waals surface area contributed by atoms with E-state index in [-0.39, 0.29) is 5.91 Å². The van der Waals surface area contributed by atoms with E-state index in [1.165, 1.54) is 42.6 Å². The summed E-state index contributed by atoms with van der Waals surface area (Å²) in [6, 6.07) is 22.4. The Balaban J connectivity index is 1.43. The maximum Gasteiger partial charge on any atom is 0.326 e. The van der Waals surface area contributed by atoms with Crippen LogP contribution >= 0.6 is 23.5 Å². The van der Waals surface area contributed by atoms with Gasteiger partial charge in [-0.2, -0.15) is 11.8 Å². The Hall–Kier alpha value is -2.74. The van der Waals surface area contributed by atoms with Gasteiger partial charge < -0.3 is 15.7 Å². The monoisotopic (exact) mass is 604 g/mol. The van der Waals surface area contributed by atoms with Gasteiger partial charge in [0, 0.05) is 28.8 Å². The molecular weight excluding hydrogens is 561 g/mol. The highest BCUT2D eigenvalue weighted by atomic mass is 32.2. The number of carbonyl (C=O) groups is 2. The van der Waals surface area contributed by atoms with Gasteiger partial charge in [0.25, 0.3) is 5.91 Å². The third-order valence-electron chi connectivity index (χ3n) is 8.07. The van der Waals surface area contributed by atoms with Gasteiger partial charge in [0.15, 0.2) is 0 Å². The Bertz CT molecular complexity index is 1340. The maximum absolute atomic E-state index is 13.4. The summed E-state index contributed by atoms with van der Waals surface area (Å²) in [6.07, 6.45) is 9.01. The Labute approximate surface area is 259 Å². The minimum atomic E-state index is -1.01. The molecule has 1 saturated carbocycles. The molecule has 0 radical (unpaired) electrons. The lowest BCUT2D eigenvalue weighted by Gasteiger charge is -2.22. The van der Waals surface area contributed by atoms with Crippen molar-refractivity contribution >= 4 is 35.4 Å². The molecule has 0 aromatic heterocycles. The highest BCUT2D eigenvalue weighted by molar-refractivity contribution is 7.99. The number of carboxylic acids is 1. The third kappa shape index (κ3) is 9.13. The van der Waals surface area contributed by atoms with E-state index < -0.39 is 12.0 Å². The molecule has 7 heteroatoms. The van der Waals surface area contributed by atoms with Crippen LogP contribution in [0.3, 0.4) is 0 Å². The van der Waals surface area contributed by atoms with Gasteiger partial charge in [-0.25, -0.2) is 4.79 Å². The average Bonchev–Trinajstić information content (AvgIpc) is 3.01. The minimum Gasteiger partial charge on any atom is -0.480 e. The second-order valence-electron chi connectivity index (χ2n) is 11.3. The van der Waals surface area contributed by atoms with Gasteiger partial charge in [0.05, 0.1) is 0 Å². The highest BCUT2D eigenvalue weighted by Crippen LogP contribution is 2.34. The van der Waals surface area contributed by atoms with Crippen molar-refractivity contribution in [3.05, 3.63) is 89.0 Å². The predicted octanol–water partition coefficient (Wildman–Crippen LogP) is 7.92. The molecule has 3 aromatic carbocycles. The molecule has 42 heavy (non-hydrogen) atoms. The van der Waals surface area contributed by atoms with Crippen LogP contribution in [0, 0.1) is 6.92 Å². The van der Waals surface area contributed by atoms with Crippen LogP contribution in [0.2, 0.25) is 0 Å². The van der Waals surface area contributed by atoms with Crippen molar-refractivity contribution in [2.24, 2.45) is 0 Å². The van der Waals surface area contributed by atoms with E-state index in [1.807, 2.05) is 61.3 Å². The zero-order chi connectivity index (χ0) is 29.9. The number of thioether (sulfide) groups is 2. The number of amides is 1. The van der Waals surface area contributed by atoms with E-state index in [0.29, 0.717) is 36.2 Å². The molecular formula is C35H44N2O3S2. The molecule has 1 aliphatic rings. The molecule has 1 amide bonds. The lowest BCUT2D eigenvalue weighted by Crippen LogP contribution is -2.41. The normalized spacial score (nSPS) is 15.2. The molecule has 0 saturated heterocycles. The number of benzene rings is 3. The maximum atomic E-state index is 13.4. The van der Waals surface area contributed by atoms with E-state index in [1.54, 1.807) is 11.8 Å². The predicted molar refractivity (Wildman–Crippen MR) is 178 cm³/mol. The van der Waals surface area contributed by atoms with Gasteiger partial charge in [-0.05, 0) is 103 Å². The Morgan fingerprint density at radius 1 is 0.976 bits per heavy atom. The number of nitrogens with one attached hydrogen (secondary N) is 2. The third-order valence-corrected chi connectivity index (χ3v) is 9.97. The van der Waals surface area contributed by atoms with Crippen molar-refractivity contribution in [3.8, 4) is 11.1 Å². The largest absolute Gasteiger partial charge is 0.480 e. The number of hydrogen-bond donors (Lipinski definition) is 3. The first-order valence-electron chi connectivity index (χ1n) is 15.0. The van der Waals surface area contributed by atoms with Gasteiger partial charge in [-0.3, -0.25) is 4.79 Å². The van der Waals surface area contributed by atoms with Gasteiger partial charge in [-0.15, -0.1) is 11.8 Å². The molecule has 2 atom stereocenters. The fourth-order valence-corrected chi connectivity index (χ4v) is 7.02. The topological polar surface area (TPSA) is 78.4 Å². The van der Waals surface area contributed by atoms with Crippen LogP contribution in [0.4, 0.5) is 0 Å². The van der Waals surface area contributed by atoms with E-state index in [2.05, 4.69) is 47.9 Å².